The number of hydrogen-bond acceptors (Lipinski definition) is 2. The number of ether oxygens (including phenoxy) is 1. The fourth-order valence-corrected chi connectivity index (χ4v) is 0.764. The minimum Gasteiger partial charge on any atom is -0.455 e. The van der Waals surface area contributed by atoms with Gasteiger partial charge < -0.3 is 4.74 Å². The van der Waals surface area contributed by atoms with Crippen molar-refractivity contribution in [2.75, 3.05) is 4.61 Å². The first-order valence-corrected chi connectivity index (χ1v) is 4.84. The molecule has 0 amide bonds. The van der Waals surface area contributed by atoms with Crippen LogP contribution in [0.25, 0.3) is 0 Å². The third kappa shape index (κ3) is 3.39. The summed E-state index contributed by atoms with van der Waals surface area (Å²) in [5.41, 5.74) is 0. The van der Waals surface area contributed by atoms with E-state index in [0.29, 0.717) is 10.5 Å². The van der Waals surface area contributed by atoms with Crippen LogP contribution in [0.5, 0.6) is 0 Å². The lowest BCUT2D eigenvalue weighted by atomic mass is 9.99. The fraction of sp³-hybridized carbons (Fsp3) is 0.857. The topological polar surface area (TPSA) is 26.3 Å². The molecule has 0 saturated heterocycles. The van der Waals surface area contributed by atoms with Crippen molar-refractivity contribution in [3.63, 3.8) is 0 Å². The molecule has 0 unspecified atom stereocenters. The van der Waals surface area contributed by atoms with E-state index in [4.69, 9.17) is 4.74 Å². The second-order valence-corrected chi connectivity index (χ2v) is 3.23. The van der Waals surface area contributed by atoms with E-state index >= 15 is 0 Å². The summed E-state index contributed by atoms with van der Waals surface area (Å²) < 4.78 is 5.26. The van der Waals surface area contributed by atoms with Crippen LogP contribution in [0.3, 0.4) is 0 Å². The molecule has 0 aliphatic carbocycles. The molecule has 10 heavy (non-hydrogen) atoms. The van der Waals surface area contributed by atoms with Gasteiger partial charge in [-0.1, -0.05) is 20.8 Å². The van der Waals surface area contributed by atoms with Crippen LogP contribution in [0.15, 0.2) is 0 Å². The Balaban J connectivity index is 3.71. The third-order valence-electron chi connectivity index (χ3n) is 1.57. The van der Waals surface area contributed by atoms with Crippen molar-refractivity contribution in [2.45, 2.75) is 20.8 Å². The Kier molecular flexibility index (Phi) is 5.03. The van der Waals surface area contributed by atoms with Crippen molar-refractivity contribution in [2.24, 2.45) is 11.8 Å². The normalized spacial score (nSPS) is 13.3. The highest BCUT2D eigenvalue weighted by Crippen LogP contribution is 2.11. The fourth-order valence-electron chi connectivity index (χ4n) is 0.457. The summed E-state index contributed by atoms with van der Waals surface area (Å²) in [4.78, 5) is 11.0. The van der Waals surface area contributed by atoms with Gasteiger partial charge in [-0.15, -0.1) is 0 Å². The molecule has 0 aliphatic heterocycles. The first-order valence-electron chi connectivity index (χ1n) is 3.32. The maximum absolute atomic E-state index is 11.0. The Bertz CT molecular complexity index is 112. The van der Waals surface area contributed by atoms with Crippen molar-refractivity contribution in [3.05, 3.63) is 0 Å². The lowest BCUT2D eigenvalue weighted by Gasteiger charge is -2.12. The van der Waals surface area contributed by atoms with E-state index in [1.165, 1.54) is 0 Å². The van der Waals surface area contributed by atoms with Crippen LogP contribution in [-0.4, -0.2) is 10.6 Å². The van der Waals surface area contributed by atoms with E-state index in [2.05, 4.69) is 0 Å². The van der Waals surface area contributed by atoms with Gasteiger partial charge in [0.05, 0.1) is 5.92 Å². The summed E-state index contributed by atoms with van der Waals surface area (Å²) in [6.07, 6.45) is 0. The van der Waals surface area contributed by atoms with Gasteiger partial charge in [-0.05, 0) is 28.5 Å². The van der Waals surface area contributed by atoms with Gasteiger partial charge in [0.25, 0.3) is 0 Å². The van der Waals surface area contributed by atoms with Gasteiger partial charge >= 0.3 is 5.97 Å². The maximum atomic E-state index is 11.0. The second kappa shape index (κ2) is 4.93. The van der Waals surface area contributed by atoms with Crippen molar-refractivity contribution in [3.8, 4) is 0 Å². The molecule has 0 radical (unpaired) electrons. The van der Waals surface area contributed by atoms with Crippen molar-refractivity contribution in [1.29, 1.82) is 0 Å². The largest absolute Gasteiger partial charge is 0.455 e. The zero-order valence-corrected chi connectivity index (χ0v) is 8.71. The smallest absolute Gasteiger partial charge is 0.309 e. The average molecular weight is 256 g/mol. The summed E-state index contributed by atoms with van der Waals surface area (Å²) in [5.74, 6) is 0.301. The molecular weight excluding hydrogens is 243 g/mol. The highest BCUT2D eigenvalue weighted by molar-refractivity contribution is 14.1. The predicted octanol–water partition coefficient (Wildman–Crippen LogP) is 2.21. The molecule has 0 heterocycles. The van der Waals surface area contributed by atoms with Crippen LogP contribution in [0.4, 0.5) is 0 Å². The van der Waals surface area contributed by atoms with Crippen LogP contribution in [0.2, 0.25) is 0 Å². The number of hydrogen-bond donors (Lipinski definition) is 0. The third-order valence-corrected chi connectivity index (χ3v) is 1.88. The monoisotopic (exact) mass is 256 g/mol. The van der Waals surface area contributed by atoms with Gasteiger partial charge in [0, 0.05) is 0 Å². The molecule has 0 N–H and O–H groups in total. The summed E-state index contributed by atoms with van der Waals surface area (Å²) >= 11 is 2.02. The van der Waals surface area contributed by atoms with Crippen molar-refractivity contribution >= 4 is 28.6 Å². The van der Waals surface area contributed by atoms with Crippen LogP contribution < -0.4 is 0 Å². The van der Waals surface area contributed by atoms with Crippen LogP contribution in [0, 0.1) is 11.8 Å². The van der Waals surface area contributed by atoms with Gasteiger partial charge in [0.15, 0.2) is 0 Å². The van der Waals surface area contributed by atoms with Crippen molar-refractivity contribution < 1.29 is 9.53 Å². The zero-order valence-electron chi connectivity index (χ0n) is 6.56. The van der Waals surface area contributed by atoms with E-state index in [9.17, 15) is 4.79 Å². The predicted molar refractivity (Wildman–Crippen MR) is 49.0 cm³/mol. The average Bonchev–Trinajstić information content (AvgIpc) is 1.87. The standard InChI is InChI=1S/C7H13IO2/c1-5(2)6(3)7(9)10-4-8/h5-6H,4H2,1-3H3/t6-/m1/s1. The molecule has 1 atom stereocenters. The van der Waals surface area contributed by atoms with Gasteiger partial charge in [-0.3, -0.25) is 4.79 Å². The minimum absolute atomic E-state index is 0.0229. The lowest BCUT2D eigenvalue weighted by Crippen LogP contribution is -2.18. The molecule has 3 heteroatoms. The van der Waals surface area contributed by atoms with E-state index in [1.54, 1.807) is 0 Å². The molecule has 2 nitrogen and oxygen atoms in total. The Morgan fingerprint density at radius 2 is 2.00 bits per heavy atom. The van der Waals surface area contributed by atoms with E-state index in [0.717, 1.165) is 0 Å². The minimum atomic E-state index is -0.0931. The Morgan fingerprint density at radius 3 is 2.30 bits per heavy atom. The number of carbonyl (C=O) groups is 1. The molecule has 0 aromatic rings. The Morgan fingerprint density at radius 1 is 1.50 bits per heavy atom. The first-order chi connectivity index (χ1) is 4.59. The molecule has 60 valence electrons. The second-order valence-electron chi connectivity index (χ2n) is 2.61. The van der Waals surface area contributed by atoms with Crippen LogP contribution in [0.1, 0.15) is 20.8 Å². The molecule has 0 spiro atoms. The van der Waals surface area contributed by atoms with E-state index in [-0.39, 0.29) is 11.9 Å². The first kappa shape index (κ1) is 10.2. The van der Waals surface area contributed by atoms with E-state index < -0.39 is 0 Å². The molecule has 0 rings (SSSR count). The number of carbonyl (C=O) groups excluding carboxylic acids is 1. The molecular formula is C7H13IO2. The van der Waals surface area contributed by atoms with Crippen LogP contribution >= 0.6 is 22.6 Å². The van der Waals surface area contributed by atoms with Gasteiger partial charge in [0.2, 0.25) is 0 Å². The number of rotatable bonds is 3. The summed E-state index contributed by atoms with van der Waals surface area (Å²) in [6.45, 7) is 5.91. The summed E-state index contributed by atoms with van der Waals surface area (Å²) in [5, 5.41) is 0. The Labute approximate surface area is 75.5 Å². The van der Waals surface area contributed by atoms with Gasteiger partial charge in [-0.25, -0.2) is 0 Å². The van der Waals surface area contributed by atoms with Gasteiger partial charge in [0.1, 0.15) is 4.61 Å². The molecule has 0 saturated carbocycles. The highest BCUT2D eigenvalue weighted by atomic mass is 127. The molecule has 0 aliphatic rings. The lowest BCUT2D eigenvalue weighted by molar-refractivity contribution is -0.146. The quantitative estimate of drug-likeness (QED) is 0.439. The number of halogens is 1. The van der Waals surface area contributed by atoms with Gasteiger partial charge in [-0.2, -0.15) is 0 Å². The number of alkyl halides is 1. The van der Waals surface area contributed by atoms with Crippen LogP contribution in [-0.2, 0) is 9.53 Å². The summed E-state index contributed by atoms with van der Waals surface area (Å²) in [6, 6.07) is 0. The molecule has 0 fully saturated rings. The van der Waals surface area contributed by atoms with E-state index in [1.807, 2.05) is 43.4 Å². The molecule has 0 aromatic carbocycles. The van der Waals surface area contributed by atoms with Crippen molar-refractivity contribution in [1.82, 2.24) is 0 Å². The zero-order chi connectivity index (χ0) is 8.15. The highest BCUT2D eigenvalue weighted by Gasteiger charge is 2.16. The molecule has 0 aromatic heterocycles. The summed E-state index contributed by atoms with van der Waals surface area (Å²) in [7, 11) is 0. The SMILES string of the molecule is CC(C)[C@@H](C)C(=O)OCI. The molecule has 0 bridgehead atoms. The number of esters is 1. The Hall–Kier alpha value is 0.200. The maximum Gasteiger partial charge on any atom is 0.309 e.